The van der Waals surface area contributed by atoms with Crippen molar-refractivity contribution in [2.75, 3.05) is 0 Å². The number of nitrogens with one attached hydrogen (secondary N) is 1. The van der Waals surface area contributed by atoms with Gasteiger partial charge < -0.3 is 9.88 Å². The standard InChI is InChI=1S/C22H16F3N3/c23-18-7-4-15(5-8-18)2-1-3-19-11-17-13-28(14-26-22(17)27-19)12-16-6-9-20(24)21(25)10-16/h4-11,14,27H,2,12-13H2. The molecule has 0 saturated heterocycles. The zero-order valence-electron chi connectivity index (χ0n) is 14.8. The van der Waals surface area contributed by atoms with E-state index >= 15 is 0 Å². The van der Waals surface area contributed by atoms with Crippen molar-refractivity contribution in [1.82, 2.24) is 9.88 Å². The second-order valence-electron chi connectivity index (χ2n) is 6.56. The van der Waals surface area contributed by atoms with Crippen LogP contribution in [-0.2, 0) is 19.5 Å². The van der Waals surface area contributed by atoms with Crippen LogP contribution in [0.4, 0.5) is 19.0 Å². The van der Waals surface area contributed by atoms with Gasteiger partial charge in [0.25, 0.3) is 0 Å². The summed E-state index contributed by atoms with van der Waals surface area (Å²) in [5, 5.41) is 0. The third-order valence-corrected chi connectivity index (χ3v) is 4.40. The molecule has 1 aromatic heterocycles. The number of aromatic amines is 1. The molecule has 28 heavy (non-hydrogen) atoms. The zero-order chi connectivity index (χ0) is 19.5. The lowest BCUT2D eigenvalue weighted by Gasteiger charge is -2.22. The van der Waals surface area contributed by atoms with Gasteiger partial charge in [-0.1, -0.05) is 24.1 Å². The number of halogens is 3. The smallest absolute Gasteiger partial charge is 0.159 e. The van der Waals surface area contributed by atoms with E-state index < -0.39 is 11.6 Å². The minimum absolute atomic E-state index is 0.264. The highest BCUT2D eigenvalue weighted by Crippen LogP contribution is 2.25. The van der Waals surface area contributed by atoms with Gasteiger partial charge in [0.05, 0.1) is 12.0 Å². The first-order valence-electron chi connectivity index (χ1n) is 8.74. The van der Waals surface area contributed by atoms with Crippen LogP contribution in [0.15, 0.2) is 53.5 Å². The molecule has 0 atom stereocenters. The maximum Gasteiger partial charge on any atom is 0.159 e. The second-order valence-corrected chi connectivity index (χ2v) is 6.56. The molecule has 0 fully saturated rings. The van der Waals surface area contributed by atoms with Crippen molar-refractivity contribution < 1.29 is 13.2 Å². The summed E-state index contributed by atoms with van der Waals surface area (Å²) in [5.74, 6) is 4.89. The number of aliphatic imine (C=N–C) groups is 1. The molecular weight excluding hydrogens is 363 g/mol. The third-order valence-electron chi connectivity index (χ3n) is 4.40. The van der Waals surface area contributed by atoms with E-state index in [9.17, 15) is 13.2 Å². The van der Waals surface area contributed by atoms with Crippen LogP contribution in [0.25, 0.3) is 0 Å². The molecule has 0 saturated carbocycles. The number of benzene rings is 2. The highest BCUT2D eigenvalue weighted by Gasteiger charge is 2.15. The fourth-order valence-corrected chi connectivity index (χ4v) is 3.00. The van der Waals surface area contributed by atoms with Crippen LogP contribution in [-0.4, -0.2) is 16.2 Å². The summed E-state index contributed by atoms with van der Waals surface area (Å²) >= 11 is 0. The van der Waals surface area contributed by atoms with Gasteiger partial charge >= 0.3 is 0 Å². The normalized spacial score (nSPS) is 12.5. The van der Waals surface area contributed by atoms with E-state index in [2.05, 4.69) is 21.8 Å². The van der Waals surface area contributed by atoms with E-state index in [1.807, 2.05) is 11.0 Å². The average molecular weight is 379 g/mol. The van der Waals surface area contributed by atoms with Crippen LogP contribution in [0.3, 0.4) is 0 Å². The maximum absolute atomic E-state index is 13.4. The van der Waals surface area contributed by atoms with Crippen LogP contribution in [0.2, 0.25) is 0 Å². The number of hydrogen-bond acceptors (Lipinski definition) is 2. The highest BCUT2D eigenvalue weighted by molar-refractivity contribution is 5.66. The van der Waals surface area contributed by atoms with E-state index in [1.165, 1.54) is 18.2 Å². The summed E-state index contributed by atoms with van der Waals surface area (Å²) in [6.07, 6.45) is 2.20. The first kappa shape index (κ1) is 17.9. The SMILES string of the molecule is Fc1ccc(CC#Cc2cc3c([nH]2)N=CN(Cc2ccc(F)c(F)c2)C3)cc1. The minimum Gasteiger partial charge on any atom is -0.354 e. The van der Waals surface area contributed by atoms with Gasteiger partial charge in [-0.05, 0) is 47.4 Å². The molecule has 2 heterocycles. The lowest BCUT2D eigenvalue weighted by atomic mass is 10.1. The lowest BCUT2D eigenvalue weighted by molar-refractivity contribution is 0.411. The monoisotopic (exact) mass is 379 g/mol. The van der Waals surface area contributed by atoms with Crippen molar-refractivity contribution in [1.29, 1.82) is 0 Å². The summed E-state index contributed by atoms with van der Waals surface area (Å²) < 4.78 is 39.3. The number of nitrogens with zero attached hydrogens (tertiary/aromatic N) is 2. The van der Waals surface area contributed by atoms with Gasteiger partial charge in [-0.2, -0.15) is 0 Å². The van der Waals surface area contributed by atoms with Crippen molar-refractivity contribution in [2.45, 2.75) is 19.5 Å². The van der Waals surface area contributed by atoms with Gasteiger partial charge in [-0.15, -0.1) is 0 Å². The molecule has 0 amide bonds. The minimum atomic E-state index is -0.854. The van der Waals surface area contributed by atoms with Gasteiger partial charge in [0.15, 0.2) is 11.6 Å². The molecule has 0 aliphatic carbocycles. The summed E-state index contributed by atoms with van der Waals surface area (Å²) in [6, 6.07) is 12.1. The number of fused-ring (bicyclic) bond motifs is 1. The van der Waals surface area contributed by atoms with Crippen molar-refractivity contribution in [3.8, 4) is 11.8 Å². The quantitative estimate of drug-likeness (QED) is 0.657. The third kappa shape index (κ3) is 4.09. The van der Waals surface area contributed by atoms with Gasteiger partial charge in [0.1, 0.15) is 11.6 Å². The van der Waals surface area contributed by atoms with Crippen LogP contribution >= 0.6 is 0 Å². The van der Waals surface area contributed by atoms with E-state index in [0.29, 0.717) is 25.1 Å². The summed E-state index contributed by atoms with van der Waals surface area (Å²) in [4.78, 5) is 9.45. The maximum atomic E-state index is 13.4. The molecule has 6 heteroatoms. The Bertz CT molecular complexity index is 1090. The molecule has 0 bridgehead atoms. The molecule has 1 aliphatic heterocycles. The van der Waals surface area contributed by atoms with Crippen LogP contribution in [0.1, 0.15) is 22.4 Å². The van der Waals surface area contributed by atoms with Crippen molar-refractivity contribution in [3.05, 3.63) is 88.4 Å². The fraction of sp³-hybridized carbons (Fsp3) is 0.136. The molecule has 140 valence electrons. The van der Waals surface area contributed by atoms with Crippen LogP contribution < -0.4 is 0 Å². The molecule has 4 rings (SSSR count). The molecule has 1 N–H and O–H groups in total. The highest BCUT2D eigenvalue weighted by atomic mass is 19.2. The van der Waals surface area contributed by atoms with E-state index in [4.69, 9.17) is 0 Å². The van der Waals surface area contributed by atoms with Gasteiger partial charge in [0, 0.05) is 25.1 Å². The molecule has 0 unspecified atom stereocenters. The Hall–Kier alpha value is -3.46. The lowest BCUT2D eigenvalue weighted by Crippen LogP contribution is -2.23. The van der Waals surface area contributed by atoms with Crippen LogP contribution in [0.5, 0.6) is 0 Å². The predicted molar refractivity (Wildman–Crippen MR) is 102 cm³/mol. The van der Waals surface area contributed by atoms with Gasteiger partial charge in [-0.3, -0.25) is 0 Å². The second kappa shape index (κ2) is 7.65. The Morgan fingerprint density at radius 3 is 2.54 bits per heavy atom. The van der Waals surface area contributed by atoms with E-state index in [0.717, 1.165) is 28.7 Å². The number of aromatic nitrogens is 1. The Labute approximate surface area is 160 Å². The number of rotatable bonds is 3. The Balaban J connectivity index is 1.41. The van der Waals surface area contributed by atoms with Crippen LogP contribution in [0, 0.1) is 29.3 Å². The van der Waals surface area contributed by atoms with E-state index in [1.54, 1.807) is 24.5 Å². The average Bonchev–Trinajstić information content (AvgIpc) is 3.08. The molecule has 0 spiro atoms. The molecule has 1 aliphatic rings. The molecule has 2 aromatic carbocycles. The predicted octanol–water partition coefficient (Wildman–Crippen LogP) is 4.70. The molecule has 3 nitrogen and oxygen atoms in total. The topological polar surface area (TPSA) is 31.4 Å². The fourth-order valence-electron chi connectivity index (χ4n) is 3.00. The molecular formula is C22H16F3N3. The number of hydrogen-bond donors (Lipinski definition) is 1. The first-order valence-corrected chi connectivity index (χ1v) is 8.74. The van der Waals surface area contributed by atoms with Gasteiger partial charge in [0.2, 0.25) is 0 Å². The summed E-state index contributed by atoms with van der Waals surface area (Å²) in [6.45, 7) is 1.02. The molecule has 3 aromatic rings. The Kier molecular flexibility index (Phi) is 4.90. The molecule has 0 radical (unpaired) electrons. The summed E-state index contributed by atoms with van der Waals surface area (Å²) in [5.41, 5.74) is 3.35. The Morgan fingerprint density at radius 1 is 0.964 bits per heavy atom. The van der Waals surface area contributed by atoms with Gasteiger partial charge in [-0.25, -0.2) is 18.2 Å². The number of H-pyrrole nitrogens is 1. The van der Waals surface area contributed by atoms with Crippen molar-refractivity contribution >= 4 is 12.2 Å². The first-order chi connectivity index (χ1) is 13.6. The van der Waals surface area contributed by atoms with E-state index in [-0.39, 0.29) is 5.82 Å². The Morgan fingerprint density at radius 2 is 1.75 bits per heavy atom. The van der Waals surface area contributed by atoms with Crippen molar-refractivity contribution in [2.24, 2.45) is 4.99 Å². The largest absolute Gasteiger partial charge is 0.354 e. The van der Waals surface area contributed by atoms with Crippen molar-refractivity contribution in [3.63, 3.8) is 0 Å². The zero-order valence-corrected chi connectivity index (χ0v) is 14.8. The summed E-state index contributed by atoms with van der Waals surface area (Å²) in [7, 11) is 0.